The van der Waals surface area contributed by atoms with Gasteiger partial charge in [-0.3, -0.25) is 4.79 Å². The Labute approximate surface area is 77.3 Å². The fourth-order valence-corrected chi connectivity index (χ4v) is 1.15. The van der Waals surface area contributed by atoms with Gasteiger partial charge >= 0.3 is 0 Å². The molecule has 70 valence electrons. The number of methoxy groups -OCH3 is 2. The van der Waals surface area contributed by atoms with Gasteiger partial charge in [-0.15, -0.1) is 0 Å². The number of carbonyl (C=O) groups excluding carboxylic acids is 1. The average molecular weight is 180 g/mol. The van der Waals surface area contributed by atoms with Crippen molar-refractivity contribution in [3.8, 4) is 0 Å². The van der Waals surface area contributed by atoms with E-state index in [4.69, 9.17) is 9.47 Å². The van der Waals surface area contributed by atoms with Crippen LogP contribution in [0.2, 0.25) is 0 Å². The van der Waals surface area contributed by atoms with Crippen molar-refractivity contribution in [1.29, 1.82) is 0 Å². The summed E-state index contributed by atoms with van der Waals surface area (Å²) >= 11 is 0. The monoisotopic (exact) mass is 180 g/mol. The molecule has 0 heterocycles. The highest BCUT2D eigenvalue weighted by Crippen LogP contribution is 2.17. The molecule has 13 heavy (non-hydrogen) atoms. The third kappa shape index (κ3) is 2.37. The predicted molar refractivity (Wildman–Crippen MR) is 48.6 cm³/mol. The summed E-state index contributed by atoms with van der Waals surface area (Å²) in [5.41, 5.74) is 1.46. The molecule has 1 aromatic carbocycles. The van der Waals surface area contributed by atoms with Crippen molar-refractivity contribution >= 4 is 6.29 Å². The van der Waals surface area contributed by atoms with Crippen LogP contribution in [0.3, 0.4) is 0 Å². The van der Waals surface area contributed by atoms with Crippen molar-refractivity contribution < 1.29 is 14.3 Å². The second-order valence-corrected chi connectivity index (χ2v) is 2.59. The van der Waals surface area contributed by atoms with E-state index in [1.54, 1.807) is 32.4 Å². The third-order valence-corrected chi connectivity index (χ3v) is 1.75. The molecule has 0 aliphatic carbocycles. The molecular weight excluding hydrogens is 168 g/mol. The van der Waals surface area contributed by atoms with Crippen LogP contribution in [0.15, 0.2) is 24.3 Å². The predicted octanol–water partition coefficient (Wildman–Crippen LogP) is 1.79. The quantitative estimate of drug-likeness (QED) is 0.523. The number of benzene rings is 1. The Morgan fingerprint density at radius 2 is 2.00 bits per heavy atom. The standard InChI is InChI=1S/C10H12O3/c1-12-10(13-2)9-5-3-4-8(6-9)7-11/h3-7,10H,1-2H3. The van der Waals surface area contributed by atoms with Crippen molar-refractivity contribution in [3.63, 3.8) is 0 Å². The van der Waals surface area contributed by atoms with Crippen LogP contribution in [0.5, 0.6) is 0 Å². The van der Waals surface area contributed by atoms with E-state index in [0.717, 1.165) is 11.8 Å². The smallest absolute Gasteiger partial charge is 0.183 e. The normalized spacial score (nSPS) is 10.4. The zero-order valence-electron chi connectivity index (χ0n) is 7.69. The van der Waals surface area contributed by atoms with Gasteiger partial charge in [0.25, 0.3) is 0 Å². The van der Waals surface area contributed by atoms with E-state index in [1.807, 2.05) is 6.07 Å². The highest BCUT2D eigenvalue weighted by molar-refractivity contribution is 5.74. The second-order valence-electron chi connectivity index (χ2n) is 2.59. The van der Waals surface area contributed by atoms with Gasteiger partial charge in [-0.05, 0) is 6.07 Å². The SMILES string of the molecule is COC(OC)c1cccc(C=O)c1. The lowest BCUT2D eigenvalue weighted by atomic mass is 10.1. The number of carbonyl (C=O) groups is 1. The minimum atomic E-state index is -0.403. The van der Waals surface area contributed by atoms with Gasteiger partial charge in [-0.1, -0.05) is 18.2 Å². The van der Waals surface area contributed by atoms with Crippen LogP contribution in [0, 0.1) is 0 Å². The zero-order valence-corrected chi connectivity index (χ0v) is 7.69. The highest BCUT2D eigenvalue weighted by atomic mass is 16.7. The molecule has 0 amide bonds. The maximum atomic E-state index is 10.5. The van der Waals surface area contributed by atoms with E-state index in [2.05, 4.69) is 0 Å². The van der Waals surface area contributed by atoms with Crippen LogP contribution in [-0.2, 0) is 9.47 Å². The molecule has 1 aromatic rings. The lowest BCUT2D eigenvalue weighted by molar-refractivity contribution is -0.106. The topological polar surface area (TPSA) is 35.5 Å². The minimum absolute atomic E-state index is 0.403. The fraction of sp³-hybridized carbons (Fsp3) is 0.300. The van der Waals surface area contributed by atoms with E-state index >= 15 is 0 Å². The van der Waals surface area contributed by atoms with Gasteiger partial charge in [0.15, 0.2) is 6.29 Å². The first-order chi connectivity index (χ1) is 6.31. The maximum absolute atomic E-state index is 10.5. The maximum Gasteiger partial charge on any atom is 0.183 e. The molecule has 0 unspecified atom stereocenters. The third-order valence-electron chi connectivity index (χ3n) is 1.75. The summed E-state index contributed by atoms with van der Waals surface area (Å²) in [6, 6.07) is 7.12. The molecule has 0 aliphatic rings. The largest absolute Gasteiger partial charge is 0.352 e. The Balaban J connectivity index is 2.92. The van der Waals surface area contributed by atoms with Gasteiger partial charge in [0, 0.05) is 25.3 Å². The van der Waals surface area contributed by atoms with Crippen LogP contribution in [0.4, 0.5) is 0 Å². The molecular formula is C10H12O3. The van der Waals surface area contributed by atoms with Crippen molar-refractivity contribution in [1.82, 2.24) is 0 Å². The number of aldehydes is 1. The number of ether oxygens (including phenoxy) is 2. The Kier molecular flexibility index (Phi) is 3.61. The van der Waals surface area contributed by atoms with E-state index in [1.165, 1.54) is 0 Å². The fourth-order valence-electron chi connectivity index (χ4n) is 1.15. The lowest BCUT2D eigenvalue weighted by Crippen LogP contribution is -2.03. The number of hydrogen-bond donors (Lipinski definition) is 0. The molecule has 0 radical (unpaired) electrons. The molecule has 0 saturated carbocycles. The Morgan fingerprint density at radius 3 is 2.54 bits per heavy atom. The van der Waals surface area contributed by atoms with Crippen LogP contribution >= 0.6 is 0 Å². The second kappa shape index (κ2) is 4.74. The van der Waals surface area contributed by atoms with Crippen molar-refractivity contribution in [2.45, 2.75) is 6.29 Å². The molecule has 3 nitrogen and oxygen atoms in total. The van der Waals surface area contributed by atoms with Crippen LogP contribution in [0.1, 0.15) is 22.2 Å². The lowest BCUT2D eigenvalue weighted by Gasteiger charge is -2.13. The Bertz CT molecular complexity index is 279. The first-order valence-electron chi connectivity index (χ1n) is 3.92. The molecule has 1 rings (SSSR count). The summed E-state index contributed by atoms with van der Waals surface area (Å²) in [6.07, 6.45) is 0.395. The van der Waals surface area contributed by atoms with Gasteiger partial charge in [0.1, 0.15) is 6.29 Å². The van der Waals surface area contributed by atoms with E-state index in [0.29, 0.717) is 5.56 Å². The molecule has 0 fully saturated rings. The van der Waals surface area contributed by atoms with E-state index < -0.39 is 6.29 Å². The van der Waals surface area contributed by atoms with Crippen molar-refractivity contribution in [3.05, 3.63) is 35.4 Å². The summed E-state index contributed by atoms with van der Waals surface area (Å²) in [5, 5.41) is 0. The molecule has 0 saturated heterocycles. The van der Waals surface area contributed by atoms with Gasteiger partial charge in [-0.2, -0.15) is 0 Å². The van der Waals surface area contributed by atoms with Crippen molar-refractivity contribution in [2.75, 3.05) is 14.2 Å². The summed E-state index contributed by atoms with van der Waals surface area (Å²) < 4.78 is 10.1. The van der Waals surface area contributed by atoms with Crippen molar-refractivity contribution in [2.24, 2.45) is 0 Å². The first kappa shape index (κ1) is 9.89. The Morgan fingerprint density at radius 1 is 1.31 bits per heavy atom. The Hall–Kier alpha value is -1.19. The van der Waals surface area contributed by atoms with Gasteiger partial charge in [0.2, 0.25) is 0 Å². The molecule has 0 bridgehead atoms. The highest BCUT2D eigenvalue weighted by Gasteiger charge is 2.08. The molecule has 0 spiro atoms. The van der Waals surface area contributed by atoms with Gasteiger partial charge in [0.05, 0.1) is 0 Å². The molecule has 0 aliphatic heterocycles. The van der Waals surface area contributed by atoms with Crippen LogP contribution in [0.25, 0.3) is 0 Å². The first-order valence-corrected chi connectivity index (χ1v) is 3.92. The molecule has 0 atom stereocenters. The molecule has 0 aromatic heterocycles. The van der Waals surface area contributed by atoms with Gasteiger partial charge < -0.3 is 9.47 Å². The summed E-state index contributed by atoms with van der Waals surface area (Å²) in [6.45, 7) is 0. The average Bonchev–Trinajstić information content (AvgIpc) is 2.20. The summed E-state index contributed by atoms with van der Waals surface area (Å²) in [4.78, 5) is 10.5. The van der Waals surface area contributed by atoms with Gasteiger partial charge in [-0.25, -0.2) is 0 Å². The molecule has 3 heteroatoms. The number of hydrogen-bond acceptors (Lipinski definition) is 3. The van der Waals surface area contributed by atoms with E-state index in [-0.39, 0.29) is 0 Å². The minimum Gasteiger partial charge on any atom is -0.352 e. The number of rotatable bonds is 4. The summed E-state index contributed by atoms with van der Waals surface area (Å²) in [5.74, 6) is 0. The van der Waals surface area contributed by atoms with E-state index in [9.17, 15) is 4.79 Å². The molecule has 0 N–H and O–H groups in total. The van der Waals surface area contributed by atoms with Crippen LogP contribution in [-0.4, -0.2) is 20.5 Å². The van der Waals surface area contributed by atoms with Crippen LogP contribution < -0.4 is 0 Å². The zero-order chi connectivity index (χ0) is 9.68. The summed E-state index contributed by atoms with van der Waals surface area (Å²) in [7, 11) is 3.11.